The number of carbonyl (C=O) groups excluding carboxylic acids is 2. The van der Waals surface area contributed by atoms with E-state index in [4.69, 9.17) is 4.74 Å². The van der Waals surface area contributed by atoms with Gasteiger partial charge in [0.05, 0.1) is 25.4 Å². The highest BCUT2D eigenvalue weighted by Crippen LogP contribution is 2.19. The maximum Gasteiger partial charge on any atom is 0.305 e. The van der Waals surface area contributed by atoms with Gasteiger partial charge >= 0.3 is 5.97 Å². The van der Waals surface area contributed by atoms with Crippen molar-refractivity contribution in [2.24, 2.45) is 0 Å². The first-order valence-electron chi connectivity index (χ1n) is 35.6. The number of carbonyl (C=O) groups is 2. The van der Waals surface area contributed by atoms with Crippen molar-refractivity contribution in [1.29, 1.82) is 0 Å². The molecule has 0 aliphatic carbocycles. The number of nitrogens with one attached hydrogen (secondary N) is 1. The van der Waals surface area contributed by atoms with Crippen LogP contribution in [0.3, 0.4) is 0 Å². The van der Waals surface area contributed by atoms with E-state index >= 15 is 0 Å². The Morgan fingerprint density at radius 2 is 0.603 bits per heavy atom. The quantitative estimate of drug-likeness (QED) is 0.0320. The lowest BCUT2D eigenvalue weighted by Crippen LogP contribution is -2.45. The number of hydrogen-bond donors (Lipinski definition) is 3. The number of amides is 1. The Balaban J connectivity index is 3.36. The Bertz CT molecular complexity index is 1220. The Kier molecular flexibility index (Phi) is 66.4. The van der Waals surface area contributed by atoms with Crippen molar-refractivity contribution < 1.29 is 24.5 Å². The van der Waals surface area contributed by atoms with Crippen LogP contribution in [-0.4, -0.2) is 47.4 Å². The minimum atomic E-state index is -0.844. The molecule has 3 N–H and O–H groups in total. The summed E-state index contributed by atoms with van der Waals surface area (Å²) in [4.78, 5) is 24.6. The van der Waals surface area contributed by atoms with Crippen molar-refractivity contribution in [3.8, 4) is 0 Å². The molecule has 0 radical (unpaired) electrons. The topological polar surface area (TPSA) is 95.9 Å². The number of allylic oxidation sites excluding steroid dienone is 3. The Morgan fingerprint density at radius 1 is 0.346 bits per heavy atom. The van der Waals surface area contributed by atoms with Crippen molar-refractivity contribution in [2.45, 2.75) is 411 Å². The Labute approximate surface area is 488 Å². The van der Waals surface area contributed by atoms with Crippen LogP contribution in [0.5, 0.6) is 0 Å². The molecule has 0 rings (SSSR count). The van der Waals surface area contributed by atoms with E-state index in [0.29, 0.717) is 19.4 Å². The van der Waals surface area contributed by atoms with E-state index < -0.39 is 12.1 Å². The first kappa shape index (κ1) is 76.3. The smallest absolute Gasteiger partial charge is 0.305 e. The lowest BCUT2D eigenvalue weighted by Gasteiger charge is -2.20. The average molecular weight is 1100 g/mol. The van der Waals surface area contributed by atoms with E-state index in [2.05, 4.69) is 31.3 Å². The Morgan fingerprint density at radius 3 is 0.910 bits per heavy atom. The molecule has 6 nitrogen and oxygen atoms in total. The number of ether oxygens (including phenoxy) is 1. The maximum atomic E-state index is 12.5. The average Bonchev–Trinajstić information content (AvgIpc) is 3.44. The summed E-state index contributed by atoms with van der Waals surface area (Å²) in [6.07, 6.45) is 85.5. The summed E-state index contributed by atoms with van der Waals surface area (Å²) < 4.78 is 5.51. The van der Waals surface area contributed by atoms with Gasteiger partial charge in [-0.15, -0.1) is 0 Å². The molecule has 462 valence electrons. The van der Waals surface area contributed by atoms with Gasteiger partial charge in [-0.05, 0) is 57.8 Å². The van der Waals surface area contributed by atoms with Gasteiger partial charge in [0.15, 0.2) is 0 Å². The summed E-state index contributed by atoms with van der Waals surface area (Å²) in [6, 6.07) is -0.627. The molecule has 0 aromatic carbocycles. The first-order chi connectivity index (χ1) is 38.5. The molecule has 0 heterocycles. The standard InChI is InChI=1S/C72H139NO5/c1-3-5-7-9-11-13-15-17-19-20-31-35-38-42-46-50-54-58-62-66-72(77)78-67-63-59-55-51-47-43-39-36-33-30-28-26-24-22-21-23-25-27-29-32-34-37-41-45-49-53-57-61-65-71(76)73-69(68-74)70(75)64-60-56-52-48-44-40-18-16-14-12-10-8-6-4-2/h21-22,60,64,69-70,74-75H,3-20,23-59,61-63,65-68H2,1-2H3,(H,73,76)/b22-21-,64-60+. The molecule has 0 saturated heterocycles. The molecule has 0 spiro atoms. The fourth-order valence-electron chi connectivity index (χ4n) is 11.3. The number of aliphatic hydroxyl groups is 2. The number of aliphatic hydroxyl groups excluding tert-OH is 2. The van der Waals surface area contributed by atoms with Gasteiger partial charge in [-0.1, -0.05) is 353 Å². The second kappa shape index (κ2) is 67.8. The monoisotopic (exact) mass is 1100 g/mol. The largest absolute Gasteiger partial charge is 0.466 e. The van der Waals surface area contributed by atoms with Gasteiger partial charge in [0.1, 0.15) is 0 Å². The summed E-state index contributed by atoms with van der Waals surface area (Å²) in [5, 5.41) is 23.1. The van der Waals surface area contributed by atoms with E-state index in [1.54, 1.807) is 6.08 Å². The fraction of sp³-hybridized carbons (Fsp3) is 0.917. The van der Waals surface area contributed by atoms with Crippen LogP contribution in [0.25, 0.3) is 0 Å². The van der Waals surface area contributed by atoms with Crippen molar-refractivity contribution in [3.63, 3.8) is 0 Å². The van der Waals surface area contributed by atoms with E-state index in [-0.39, 0.29) is 18.5 Å². The van der Waals surface area contributed by atoms with Crippen molar-refractivity contribution in [3.05, 3.63) is 24.3 Å². The van der Waals surface area contributed by atoms with Gasteiger partial charge in [0, 0.05) is 12.8 Å². The minimum absolute atomic E-state index is 0.0210. The zero-order valence-corrected chi connectivity index (χ0v) is 52.9. The van der Waals surface area contributed by atoms with E-state index in [0.717, 1.165) is 38.5 Å². The molecule has 0 bridgehead atoms. The number of unbranched alkanes of at least 4 members (excludes halogenated alkanes) is 54. The molecular formula is C72H139NO5. The molecule has 0 fully saturated rings. The van der Waals surface area contributed by atoms with Gasteiger partial charge in [0.25, 0.3) is 0 Å². The maximum absolute atomic E-state index is 12.5. The summed E-state index contributed by atoms with van der Waals surface area (Å²) in [7, 11) is 0. The molecule has 78 heavy (non-hydrogen) atoms. The minimum Gasteiger partial charge on any atom is -0.466 e. The normalized spacial score (nSPS) is 12.6. The molecular weight excluding hydrogens is 959 g/mol. The summed E-state index contributed by atoms with van der Waals surface area (Å²) in [5.41, 5.74) is 0. The summed E-state index contributed by atoms with van der Waals surface area (Å²) in [5.74, 6) is -0.0449. The second-order valence-corrected chi connectivity index (χ2v) is 24.6. The summed E-state index contributed by atoms with van der Waals surface area (Å²) in [6.45, 7) is 4.94. The highest BCUT2D eigenvalue weighted by Gasteiger charge is 2.18. The third-order valence-corrected chi connectivity index (χ3v) is 16.7. The molecule has 0 saturated carbocycles. The molecule has 0 aliphatic rings. The molecule has 2 atom stereocenters. The van der Waals surface area contributed by atoms with Crippen LogP contribution in [0.1, 0.15) is 399 Å². The lowest BCUT2D eigenvalue weighted by atomic mass is 10.0. The van der Waals surface area contributed by atoms with Crippen molar-refractivity contribution in [2.75, 3.05) is 13.2 Å². The van der Waals surface area contributed by atoms with Crippen molar-refractivity contribution in [1.82, 2.24) is 5.32 Å². The van der Waals surface area contributed by atoms with Crippen LogP contribution in [0, 0.1) is 0 Å². The SMILES string of the molecule is CCCCCCCCCCCCCC/C=C/C(O)C(CO)NC(=O)CCCCCCCCCCCCCC/C=C\CCCCCCCCCCCCCCOC(=O)CCCCCCCCCCCCCCCCCCCCC. The Hall–Kier alpha value is -1.66. The van der Waals surface area contributed by atoms with Crippen LogP contribution >= 0.6 is 0 Å². The van der Waals surface area contributed by atoms with E-state index in [9.17, 15) is 19.8 Å². The summed E-state index contributed by atoms with van der Waals surface area (Å²) >= 11 is 0. The molecule has 6 heteroatoms. The molecule has 1 amide bonds. The third-order valence-electron chi connectivity index (χ3n) is 16.7. The van der Waals surface area contributed by atoms with Crippen molar-refractivity contribution >= 4 is 11.9 Å². The van der Waals surface area contributed by atoms with E-state index in [1.165, 1.54) is 334 Å². The molecule has 0 aliphatic heterocycles. The lowest BCUT2D eigenvalue weighted by molar-refractivity contribution is -0.143. The molecule has 0 aromatic heterocycles. The number of esters is 1. The van der Waals surface area contributed by atoms with E-state index in [1.807, 2.05) is 6.08 Å². The number of hydrogen-bond acceptors (Lipinski definition) is 5. The van der Waals surface area contributed by atoms with Crippen LogP contribution in [-0.2, 0) is 14.3 Å². The van der Waals surface area contributed by atoms with Crippen LogP contribution in [0.15, 0.2) is 24.3 Å². The fourth-order valence-corrected chi connectivity index (χ4v) is 11.3. The highest BCUT2D eigenvalue weighted by atomic mass is 16.5. The first-order valence-corrected chi connectivity index (χ1v) is 35.6. The van der Waals surface area contributed by atoms with Crippen LogP contribution < -0.4 is 5.32 Å². The zero-order valence-electron chi connectivity index (χ0n) is 52.9. The van der Waals surface area contributed by atoms with Gasteiger partial charge in [-0.3, -0.25) is 9.59 Å². The van der Waals surface area contributed by atoms with Crippen LogP contribution in [0.2, 0.25) is 0 Å². The molecule has 0 aromatic rings. The predicted octanol–water partition coefficient (Wildman–Crippen LogP) is 22.9. The van der Waals surface area contributed by atoms with Gasteiger partial charge < -0.3 is 20.3 Å². The zero-order chi connectivity index (χ0) is 56.4. The van der Waals surface area contributed by atoms with Gasteiger partial charge in [-0.2, -0.15) is 0 Å². The highest BCUT2D eigenvalue weighted by molar-refractivity contribution is 5.76. The molecule has 2 unspecified atom stereocenters. The van der Waals surface area contributed by atoms with Gasteiger partial charge in [-0.25, -0.2) is 0 Å². The third kappa shape index (κ3) is 63.5. The second-order valence-electron chi connectivity index (χ2n) is 24.6. The van der Waals surface area contributed by atoms with Crippen LogP contribution in [0.4, 0.5) is 0 Å². The predicted molar refractivity (Wildman–Crippen MR) is 343 cm³/mol. The number of rotatable bonds is 67. The van der Waals surface area contributed by atoms with Gasteiger partial charge in [0.2, 0.25) is 5.91 Å².